The summed E-state index contributed by atoms with van der Waals surface area (Å²) in [7, 11) is 4.07. The number of hydrogen-bond acceptors (Lipinski definition) is 3. The highest BCUT2D eigenvalue weighted by atomic mass is 16.3. The van der Waals surface area contributed by atoms with Gasteiger partial charge in [0.1, 0.15) is 0 Å². The molecular formula is C16H29N3O. The first kappa shape index (κ1) is 15.5. The van der Waals surface area contributed by atoms with Gasteiger partial charge in [0.05, 0.1) is 11.3 Å². The fraction of sp³-hybridized carbons (Fsp3) is 0.812. The van der Waals surface area contributed by atoms with Crippen molar-refractivity contribution in [1.82, 2.24) is 14.7 Å². The molecule has 114 valence electrons. The van der Waals surface area contributed by atoms with Gasteiger partial charge >= 0.3 is 0 Å². The SMILES string of the molecule is CN(Cc1cn(C)nc1C(C)(C)C)CC1(O)CCCC1. The molecule has 0 atom stereocenters. The lowest BCUT2D eigenvalue weighted by Gasteiger charge is -2.29. The van der Waals surface area contributed by atoms with Crippen LogP contribution < -0.4 is 0 Å². The molecule has 4 heteroatoms. The number of nitrogens with zero attached hydrogens (tertiary/aromatic N) is 3. The van der Waals surface area contributed by atoms with Crippen LogP contribution in [0.1, 0.15) is 57.7 Å². The average molecular weight is 279 g/mol. The number of rotatable bonds is 4. The summed E-state index contributed by atoms with van der Waals surface area (Å²) in [6.45, 7) is 8.20. The number of aromatic nitrogens is 2. The van der Waals surface area contributed by atoms with Gasteiger partial charge in [0.15, 0.2) is 0 Å². The van der Waals surface area contributed by atoms with E-state index in [0.29, 0.717) is 0 Å². The molecule has 0 saturated heterocycles. The Bertz CT molecular complexity index is 453. The third-order valence-corrected chi connectivity index (χ3v) is 4.15. The van der Waals surface area contributed by atoms with E-state index >= 15 is 0 Å². The molecule has 20 heavy (non-hydrogen) atoms. The molecule has 0 amide bonds. The molecule has 2 rings (SSSR count). The van der Waals surface area contributed by atoms with Crippen LogP contribution in [0.3, 0.4) is 0 Å². The molecule has 4 nitrogen and oxygen atoms in total. The van der Waals surface area contributed by atoms with E-state index in [2.05, 4.69) is 44.0 Å². The highest BCUT2D eigenvalue weighted by Gasteiger charge is 2.32. The molecule has 1 aliphatic rings. The molecular weight excluding hydrogens is 250 g/mol. The maximum absolute atomic E-state index is 10.5. The highest BCUT2D eigenvalue weighted by Crippen LogP contribution is 2.31. The number of aryl methyl sites for hydroxylation is 1. The first-order valence-corrected chi connectivity index (χ1v) is 7.64. The second kappa shape index (κ2) is 5.49. The molecule has 0 unspecified atom stereocenters. The van der Waals surface area contributed by atoms with Gasteiger partial charge in [-0.3, -0.25) is 9.58 Å². The molecule has 1 heterocycles. The zero-order valence-electron chi connectivity index (χ0n) is 13.6. The van der Waals surface area contributed by atoms with Crippen molar-refractivity contribution in [3.05, 3.63) is 17.5 Å². The Labute approximate surface area is 122 Å². The van der Waals surface area contributed by atoms with E-state index in [1.54, 1.807) is 0 Å². The largest absolute Gasteiger partial charge is 0.389 e. The summed E-state index contributed by atoms with van der Waals surface area (Å²) in [6.07, 6.45) is 6.30. The van der Waals surface area contributed by atoms with Crippen LogP contribution in [0.5, 0.6) is 0 Å². The normalized spacial score (nSPS) is 18.9. The molecule has 0 aromatic carbocycles. The van der Waals surface area contributed by atoms with Crippen LogP contribution in [0.4, 0.5) is 0 Å². The lowest BCUT2D eigenvalue weighted by atomic mass is 9.89. The summed E-state index contributed by atoms with van der Waals surface area (Å²) in [5.41, 5.74) is 2.01. The molecule has 1 N–H and O–H groups in total. The average Bonchev–Trinajstić information content (AvgIpc) is 2.84. The van der Waals surface area contributed by atoms with Gasteiger partial charge < -0.3 is 5.11 Å². The first-order valence-electron chi connectivity index (χ1n) is 7.64. The van der Waals surface area contributed by atoms with Crippen LogP contribution in [0.15, 0.2) is 6.20 Å². The Morgan fingerprint density at radius 3 is 2.50 bits per heavy atom. The van der Waals surface area contributed by atoms with Crippen molar-refractivity contribution < 1.29 is 5.11 Å². The second-order valence-corrected chi connectivity index (χ2v) is 7.53. The number of likely N-dealkylation sites (N-methyl/N-ethyl adjacent to an activating group) is 1. The van der Waals surface area contributed by atoms with Crippen molar-refractivity contribution >= 4 is 0 Å². The van der Waals surface area contributed by atoms with E-state index < -0.39 is 5.60 Å². The van der Waals surface area contributed by atoms with E-state index in [-0.39, 0.29) is 5.41 Å². The van der Waals surface area contributed by atoms with Gasteiger partial charge in [-0.25, -0.2) is 0 Å². The van der Waals surface area contributed by atoms with Crippen molar-refractivity contribution in [2.75, 3.05) is 13.6 Å². The third kappa shape index (κ3) is 3.61. The van der Waals surface area contributed by atoms with Crippen molar-refractivity contribution in [2.45, 2.75) is 64.0 Å². The maximum atomic E-state index is 10.5. The molecule has 1 fully saturated rings. The van der Waals surface area contributed by atoms with Gasteiger partial charge in [-0.2, -0.15) is 5.10 Å². The zero-order valence-corrected chi connectivity index (χ0v) is 13.6. The smallest absolute Gasteiger partial charge is 0.0774 e. The lowest BCUT2D eigenvalue weighted by Crippen LogP contribution is -2.39. The van der Waals surface area contributed by atoms with Gasteiger partial charge in [-0.05, 0) is 19.9 Å². The van der Waals surface area contributed by atoms with E-state index in [1.807, 2.05) is 11.7 Å². The fourth-order valence-corrected chi connectivity index (χ4v) is 3.33. The summed E-state index contributed by atoms with van der Waals surface area (Å²) >= 11 is 0. The van der Waals surface area contributed by atoms with Gasteiger partial charge in [0, 0.05) is 37.3 Å². The minimum atomic E-state index is -0.473. The van der Waals surface area contributed by atoms with Gasteiger partial charge in [0.2, 0.25) is 0 Å². The second-order valence-electron chi connectivity index (χ2n) is 7.53. The van der Waals surface area contributed by atoms with Crippen molar-refractivity contribution in [3.8, 4) is 0 Å². The van der Waals surface area contributed by atoms with E-state index in [9.17, 15) is 5.11 Å². The zero-order chi connectivity index (χ0) is 15.0. The van der Waals surface area contributed by atoms with Gasteiger partial charge in [-0.1, -0.05) is 33.6 Å². The topological polar surface area (TPSA) is 41.3 Å². The van der Waals surface area contributed by atoms with Crippen molar-refractivity contribution in [2.24, 2.45) is 7.05 Å². The molecule has 0 radical (unpaired) electrons. The first-order chi connectivity index (χ1) is 9.20. The molecule has 1 saturated carbocycles. The van der Waals surface area contributed by atoms with Crippen LogP contribution in [0, 0.1) is 0 Å². The molecule has 0 aliphatic heterocycles. The Hall–Kier alpha value is -0.870. The monoisotopic (exact) mass is 279 g/mol. The predicted molar refractivity (Wildman–Crippen MR) is 81.7 cm³/mol. The van der Waals surface area contributed by atoms with E-state index in [4.69, 9.17) is 0 Å². The van der Waals surface area contributed by atoms with E-state index in [0.717, 1.165) is 44.5 Å². The van der Waals surface area contributed by atoms with Crippen LogP contribution in [0.25, 0.3) is 0 Å². The number of hydrogen-bond donors (Lipinski definition) is 1. The Kier molecular flexibility index (Phi) is 4.26. The lowest BCUT2D eigenvalue weighted by molar-refractivity contribution is 0.0144. The van der Waals surface area contributed by atoms with E-state index in [1.165, 1.54) is 5.56 Å². The van der Waals surface area contributed by atoms with Crippen LogP contribution in [-0.4, -0.2) is 39.0 Å². The molecule has 1 aliphatic carbocycles. The minimum absolute atomic E-state index is 0.0572. The Balaban J connectivity index is 2.06. The quantitative estimate of drug-likeness (QED) is 0.920. The summed E-state index contributed by atoms with van der Waals surface area (Å²) in [6, 6.07) is 0. The molecule has 1 aromatic heterocycles. The summed E-state index contributed by atoms with van der Waals surface area (Å²) in [4.78, 5) is 2.23. The van der Waals surface area contributed by atoms with Crippen LogP contribution in [-0.2, 0) is 19.0 Å². The summed E-state index contributed by atoms with van der Waals surface area (Å²) in [5.74, 6) is 0. The Morgan fingerprint density at radius 2 is 1.95 bits per heavy atom. The highest BCUT2D eigenvalue weighted by molar-refractivity contribution is 5.24. The van der Waals surface area contributed by atoms with Gasteiger partial charge in [0.25, 0.3) is 0 Å². The van der Waals surface area contributed by atoms with Crippen LogP contribution >= 0.6 is 0 Å². The standard InChI is InChI=1S/C16H29N3O/c1-15(2,3)14-13(11-19(5)17-14)10-18(4)12-16(20)8-6-7-9-16/h11,20H,6-10,12H2,1-5H3. The fourth-order valence-electron chi connectivity index (χ4n) is 3.33. The maximum Gasteiger partial charge on any atom is 0.0774 e. The third-order valence-electron chi connectivity index (χ3n) is 4.15. The predicted octanol–water partition coefficient (Wildman–Crippen LogP) is 2.45. The van der Waals surface area contributed by atoms with Crippen molar-refractivity contribution in [3.63, 3.8) is 0 Å². The molecule has 1 aromatic rings. The summed E-state index contributed by atoms with van der Waals surface area (Å²) in [5, 5.41) is 15.1. The van der Waals surface area contributed by atoms with Crippen molar-refractivity contribution in [1.29, 1.82) is 0 Å². The summed E-state index contributed by atoms with van der Waals surface area (Å²) < 4.78 is 1.90. The minimum Gasteiger partial charge on any atom is -0.389 e. The number of aliphatic hydroxyl groups is 1. The van der Waals surface area contributed by atoms with Crippen LogP contribution in [0.2, 0.25) is 0 Å². The van der Waals surface area contributed by atoms with Gasteiger partial charge in [-0.15, -0.1) is 0 Å². The molecule has 0 spiro atoms. The Morgan fingerprint density at radius 1 is 1.35 bits per heavy atom. The molecule has 0 bridgehead atoms.